The van der Waals surface area contributed by atoms with E-state index >= 15 is 0 Å². The van der Waals surface area contributed by atoms with Crippen LogP contribution in [-0.4, -0.2) is 74.7 Å². The maximum Gasteiger partial charge on any atom is 0.326 e. The Bertz CT molecular complexity index is 1230. The Morgan fingerprint density at radius 1 is 1.15 bits per heavy atom. The molecule has 1 atom stereocenters. The van der Waals surface area contributed by atoms with Gasteiger partial charge in [-0.3, -0.25) is 14.9 Å². The van der Waals surface area contributed by atoms with Crippen molar-refractivity contribution in [2.24, 2.45) is 0 Å². The summed E-state index contributed by atoms with van der Waals surface area (Å²) in [6.45, 7) is 4.97. The van der Waals surface area contributed by atoms with E-state index in [-0.39, 0.29) is 0 Å². The van der Waals surface area contributed by atoms with E-state index in [0.29, 0.717) is 43.4 Å². The predicted octanol–water partition coefficient (Wildman–Crippen LogP) is 3.73. The lowest BCUT2D eigenvalue weighted by molar-refractivity contribution is -0.138. The third-order valence-corrected chi connectivity index (χ3v) is 6.57. The number of ether oxygens (including phenoxy) is 1. The van der Waals surface area contributed by atoms with Crippen LogP contribution in [0.4, 0.5) is 16.0 Å². The number of aliphatic carboxylic acids is 1. The summed E-state index contributed by atoms with van der Waals surface area (Å²) in [5.41, 5.74) is 3.06. The first-order valence-corrected chi connectivity index (χ1v) is 13.4. The van der Waals surface area contributed by atoms with Crippen LogP contribution in [0.3, 0.4) is 0 Å². The van der Waals surface area contributed by atoms with Gasteiger partial charge in [0.15, 0.2) is 0 Å². The summed E-state index contributed by atoms with van der Waals surface area (Å²) in [4.78, 5) is 31.1. The highest BCUT2D eigenvalue weighted by Gasteiger charge is 2.20. The van der Waals surface area contributed by atoms with Gasteiger partial charge in [0.1, 0.15) is 35.9 Å². The molecule has 39 heavy (non-hydrogen) atoms. The van der Waals surface area contributed by atoms with Crippen molar-refractivity contribution >= 4 is 17.6 Å². The summed E-state index contributed by atoms with van der Waals surface area (Å²) >= 11 is 0. The highest BCUT2D eigenvalue weighted by atomic mass is 19.1. The van der Waals surface area contributed by atoms with Crippen LogP contribution in [0.1, 0.15) is 42.6 Å². The lowest BCUT2D eigenvalue weighted by Gasteiger charge is -2.24. The highest BCUT2D eigenvalue weighted by Crippen LogP contribution is 2.20. The minimum atomic E-state index is -0.951. The molecule has 3 N–H and O–H groups in total. The number of fused-ring (bicyclic) bond motifs is 1. The van der Waals surface area contributed by atoms with Gasteiger partial charge in [0.05, 0.1) is 24.3 Å². The molecule has 208 valence electrons. The van der Waals surface area contributed by atoms with Crippen molar-refractivity contribution in [2.75, 3.05) is 43.4 Å². The molecule has 3 aromatic rings. The molecule has 0 aromatic carbocycles. The van der Waals surface area contributed by atoms with E-state index < -0.39 is 17.8 Å². The zero-order valence-corrected chi connectivity index (χ0v) is 22.3. The van der Waals surface area contributed by atoms with Crippen molar-refractivity contribution in [2.45, 2.75) is 51.5 Å². The maximum atomic E-state index is 13.4. The average Bonchev–Trinajstić information content (AvgIpc) is 2.92. The molecule has 1 aliphatic rings. The number of nitrogens with one attached hydrogen (secondary N) is 2. The largest absolute Gasteiger partial charge is 0.491 e. The second-order valence-corrected chi connectivity index (χ2v) is 9.70. The molecule has 0 amide bonds. The van der Waals surface area contributed by atoms with Crippen LogP contribution in [0, 0.1) is 12.7 Å². The lowest BCUT2D eigenvalue weighted by Crippen LogP contribution is -2.37. The van der Waals surface area contributed by atoms with Gasteiger partial charge < -0.3 is 20.5 Å². The van der Waals surface area contributed by atoms with Crippen LogP contribution in [0.5, 0.6) is 5.75 Å². The Kier molecular flexibility index (Phi) is 10.4. The van der Waals surface area contributed by atoms with Crippen molar-refractivity contribution in [3.8, 4) is 5.75 Å². The summed E-state index contributed by atoms with van der Waals surface area (Å²) < 4.78 is 19.1. The van der Waals surface area contributed by atoms with Crippen molar-refractivity contribution in [1.29, 1.82) is 0 Å². The molecule has 0 bridgehead atoms. The zero-order chi connectivity index (χ0) is 27.5. The van der Waals surface area contributed by atoms with E-state index in [0.717, 1.165) is 62.9 Å². The molecular formula is C28H36FN7O3. The van der Waals surface area contributed by atoms with Crippen molar-refractivity contribution in [3.05, 3.63) is 65.8 Å². The van der Waals surface area contributed by atoms with Gasteiger partial charge in [0.2, 0.25) is 0 Å². The summed E-state index contributed by atoms with van der Waals surface area (Å²) in [5, 5.41) is 16.1. The average molecular weight is 538 g/mol. The Labute approximate surface area is 228 Å². The molecule has 3 aromatic heterocycles. The van der Waals surface area contributed by atoms with Crippen LogP contribution in [0.25, 0.3) is 0 Å². The Balaban J connectivity index is 1.30. The third kappa shape index (κ3) is 9.13. The highest BCUT2D eigenvalue weighted by molar-refractivity contribution is 5.76. The van der Waals surface area contributed by atoms with Crippen LogP contribution in [0.2, 0.25) is 0 Å². The molecule has 0 aliphatic carbocycles. The number of anilines is 2. The zero-order valence-electron chi connectivity index (χ0n) is 22.3. The number of carboxylic acids is 1. The fraction of sp³-hybridized carbons (Fsp3) is 0.464. The molecule has 4 rings (SSSR count). The number of pyridine rings is 2. The Morgan fingerprint density at radius 2 is 2.03 bits per heavy atom. The van der Waals surface area contributed by atoms with Gasteiger partial charge in [-0.1, -0.05) is 6.07 Å². The molecule has 0 spiro atoms. The fourth-order valence-electron chi connectivity index (χ4n) is 4.53. The van der Waals surface area contributed by atoms with E-state index in [4.69, 9.17) is 9.72 Å². The Hall–Kier alpha value is -3.86. The summed E-state index contributed by atoms with van der Waals surface area (Å²) in [6.07, 6.45) is 11.1. The van der Waals surface area contributed by atoms with Crippen molar-refractivity contribution < 1.29 is 19.0 Å². The molecule has 0 fully saturated rings. The maximum absolute atomic E-state index is 13.4. The number of carbonyl (C=O) groups is 1. The Morgan fingerprint density at radius 3 is 2.85 bits per heavy atom. The molecule has 0 saturated carbocycles. The van der Waals surface area contributed by atoms with Gasteiger partial charge in [-0.25, -0.2) is 19.2 Å². The number of rotatable bonds is 15. The molecule has 0 saturated heterocycles. The number of hydrogen-bond acceptors (Lipinski definition) is 9. The van der Waals surface area contributed by atoms with Gasteiger partial charge in [-0.05, 0) is 63.6 Å². The van der Waals surface area contributed by atoms with Gasteiger partial charge in [-0.15, -0.1) is 0 Å². The van der Waals surface area contributed by atoms with Gasteiger partial charge in [0, 0.05) is 37.6 Å². The topological polar surface area (TPSA) is 125 Å². The molecule has 1 aliphatic heterocycles. The number of aromatic nitrogens is 4. The first-order chi connectivity index (χ1) is 19.0. The van der Waals surface area contributed by atoms with E-state index in [1.165, 1.54) is 24.0 Å². The first-order valence-electron chi connectivity index (χ1n) is 13.4. The number of aryl methyl sites for hydroxylation is 3. The summed E-state index contributed by atoms with van der Waals surface area (Å²) in [5.74, 6) is 0.403. The molecule has 0 radical (unpaired) electrons. The van der Waals surface area contributed by atoms with Gasteiger partial charge >= 0.3 is 5.97 Å². The van der Waals surface area contributed by atoms with Gasteiger partial charge in [0.25, 0.3) is 0 Å². The fourth-order valence-corrected chi connectivity index (χ4v) is 4.53. The van der Waals surface area contributed by atoms with Crippen molar-refractivity contribution in [3.63, 3.8) is 0 Å². The monoisotopic (exact) mass is 537 g/mol. The van der Waals surface area contributed by atoms with E-state index in [1.807, 2.05) is 0 Å². The molecule has 0 unspecified atom stereocenters. The van der Waals surface area contributed by atoms with E-state index in [9.17, 15) is 14.3 Å². The third-order valence-electron chi connectivity index (χ3n) is 6.57. The number of unbranched alkanes of at least 4 members (excludes halogenated alkanes) is 1. The van der Waals surface area contributed by atoms with Crippen molar-refractivity contribution in [1.82, 2.24) is 24.8 Å². The molecule has 11 heteroatoms. The minimum absolute atomic E-state index is 0.331. The number of halogens is 1. The minimum Gasteiger partial charge on any atom is -0.491 e. The number of hydrogen-bond donors (Lipinski definition) is 3. The van der Waals surface area contributed by atoms with Crippen LogP contribution in [0.15, 0.2) is 43.0 Å². The number of nitrogens with zero attached hydrogens (tertiary/aromatic N) is 5. The van der Waals surface area contributed by atoms with E-state index in [1.54, 1.807) is 13.1 Å². The first kappa shape index (κ1) is 28.2. The summed E-state index contributed by atoms with van der Waals surface area (Å²) in [6, 6.07) is 4.77. The van der Waals surface area contributed by atoms with Crippen LogP contribution < -0.4 is 15.4 Å². The second-order valence-electron chi connectivity index (χ2n) is 9.70. The van der Waals surface area contributed by atoms with E-state index in [2.05, 4.69) is 42.6 Å². The van der Waals surface area contributed by atoms with Crippen LogP contribution in [-0.2, 0) is 17.6 Å². The predicted molar refractivity (Wildman–Crippen MR) is 147 cm³/mol. The second kappa shape index (κ2) is 14.3. The van der Waals surface area contributed by atoms with Gasteiger partial charge in [-0.2, -0.15) is 0 Å². The lowest BCUT2D eigenvalue weighted by atomic mass is 10.1. The molecule has 10 nitrogen and oxygen atoms in total. The SMILES string of the molecule is Cc1cncc(N[C@@H](CCN(CCCCc2ccc3c(n2)NCCC3)CCOc2cncc(F)c2)C(=O)O)n1. The molecule has 4 heterocycles. The normalized spacial score (nSPS) is 13.4. The quantitative estimate of drug-likeness (QED) is 0.247. The molecular weight excluding hydrogens is 501 g/mol. The smallest absolute Gasteiger partial charge is 0.326 e. The summed E-state index contributed by atoms with van der Waals surface area (Å²) in [7, 11) is 0. The van der Waals surface area contributed by atoms with Crippen LogP contribution >= 0.6 is 0 Å². The number of carboxylic acid groups (broad SMARTS) is 1. The standard InChI is InChI=1S/C28H36FN7O3/c1-20-16-30-19-26(33-20)35-25(28(37)38)9-12-36(13-14-39-24-15-22(29)17-31-18-24)11-3-2-6-23-8-7-21-5-4-10-32-27(21)34-23/h7-8,15-19,25H,2-6,9-14H2,1H3,(H,32,34)(H,33,35)(H,37,38)/t25-/m0/s1.